The van der Waals surface area contributed by atoms with Crippen LogP contribution in [0.2, 0.25) is 0 Å². The van der Waals surface area contributed by atoms with Crippen LogP contribution in [0.3, 0.4) is 0 Å². The lowest BCUT2D eigenvalue weighted by molar-refractivity contribution is 0.0688. The van der Waals surface area contributed by atoms with Gasteiger partial charge >= 0.3 is 0 Å². The van der Waals surface area contributed by atoms with Gasteiger partial charge in [-0.25, -0.2) is 0 Å². The average Bonchev–Trinajstić information content (AvgIpc) is 2.40. The van der Waals surface area contributed by atoms with E-state index in [2.05, 4.69) is 5.32 Å². The average molecular weight is 265 g/mol. The van der Waals surface area contributed by atoms with Crippen molar-refractivity contribution in [1.29, 1.82) is 0 Å². The molecule has 1 rings (SSSR count). The normalized spacial score (nSPS) is 10.5. The van der Waals surface area contributed by atoms with E-state index >= 15 is 0 Å². The molecule has 1 amide bonds. The molecule has 0 atom stereocenters. The number of hydrogen-bond acceptors (Lipinski definition) is 3. The number of methoxy groups -OCH3 is 1. The highest BCUT2D eigenvalue weighted by Gasteiger charge is 2.05. The molecule has 1 aromatic rings. The van der Waals surface area contributed by atoms with Gasteiger partial charge in [0.15, 0.2) is 0 Å². The van der Waals surface area contributed by atoms with E-state index in [-0.39, 0.29) is 5.91 Å². The number of carbonyl (C=O) groups is 1. The van der Waals surface area contributed by atoms with Gasteiger partial charge in [0.25, 0.3) is 5.91 Å². The maximum atomic E-state index is 11.9. The zero-order valence-electron chi connectivity index (χ0n) is 12.0. The number of amides is 1. The smallest absolute Gasteiger partial charge is 0.251 e. The lowest BCUT2D eigenvalue weighted by Crippen LogP contribution is -2.25. The molecule has 0 unspecified atom stereocenters. The highest BCUT2D eigenvalue weighted by atomic mass is 16.5. The molecule has 0 aliphatic heterocycles. The van der Waals surface area contributed by atoms with Crippen LogP contribution >= 0.6 is 0 Å². The predicted octanol–water partition coefficient (Wildman–Crippen LogP) is 2.09. The molecule has 0 heterocycles. The molecule has 0 saturated carbocycles. The van der Waals surface area contributed by atoms with Crippen molar-refractivity contribution in [3.63, 3.8) is 0 Å². The molecule has 0 spiro atoms. The van der Waals surface area contributed by atoms with Crippen molar-refractivity contribution in [1.82, 2.24) is 5.32 Å². The first-order valence-electron chi connectivity index (χ1n) is 6.57. The third-order valence-electron chi connectivity index (χ3n) is 2.95. The largest absolute Gasteiger partial charge is 0.382 e. The molecule has 0 bridgehead atoms. The van der Waals surface area contributed by atoms with Gasteiger partial charge in [0.2, 0.25) is 0 Å². The van der Waals surface area contributed by atoms with Gasteiger partial charge in [0, 0.05) is 25.8 Å². The van der Waals surface area contributed by atoms with Gasteiger partial charge in [0.1, 0.15) is 0 Å². The predicted molar refractivity (Wildman–Crippen MR) is 75.6 cm³/mol. The second-order valence-electron chi connectivity index (χ2n) is 4.51. The lowest BCUT2D eigenvalue weighted by atomic mass is 10.1. The Kier molecular flexibility index (Phi) is 7.15. The fourth-order valence-electron chi connectivity index (χ4n) is 1.61. The molecule has 19 heavy (non-hydrogen) atoms. The maximum Gasteiger partial charge on any atom is 0.251 e. The maximum absolute atomic E-state index is 11.9. The Balaban J connectivity index is 2.22. The number of carbonyl (C=O) groups excluding carboxylic acids is 1. The van der Waals surface area contributed by atoms with Crippen molar-refractivity contribution >= 4 is 5.91 Å². The molecule has 0 saturated heterocycles. The molecule has 0 aliphatic carbocycles. The summed E-state index contributed by atoms with van der Waals surface area (Å²) >= 11 is 0. The topological polar surface area (TPSA) is 47.6 Å². The molecule has 0 radical (unpaired) electrons. The highest BCUT2D eigenvalue weighted by molar-refractivity contribution is 5.94. The number of aryl methyl sites for hydroxylation is 2. The Morgan fingerprint density at radius 1 is 1.16 bits per heavy atom. The lowest BCUT2D eigenvalue weighted by Gasteiger charge is -2.07. The van der Waals surface area contributed by atoms with Crippen molar-refractivity contribution < 1.29 is 14.3 Å². The Bertz CT molecular complexity index is 404. The second-order valence-corrected chi connectivity index (χ2v) is 4.51. The summed E-state index contributed by atoms with van der Waals surface area (Å²) in [5.74, 6) is -0.0278. The van der Waals surface area contributed by atoms with Gasteiger partial charge in [0.05, 0.1) is 13.2 Å². The van der Waals surface area contributed by atoms with Crippen LogP contribution in [0.4, 0.5) is 0 Å². The second kappa shape index (κ2) is 8.67. The standard InChI is InChI=1S/C15H23NO3/c1-12-5-6-14(11-13(12)2)15(17)16-7-4-8-19-10-9-18-3/h5-6,11H,4,7-10H2,1-3H3,(H,16,17). The monoisotopic (exact) mass is 265 g/mol. The van der Waals surface area contributed by atoms with Gasteiger partial charge in [-0.05, 0) is 43.5 Å². The van der Waals surface area contributed by atoms with Crippen molar-refractivity contribution in [2.45, 2.75) is 20.3 Å². The summed E-state index contributed by atoms with van der Waals surface area (Å²) in [5.41, 5.74) is 3.04. The fourth-order valence-corrected chi connectivity index (χ4v) is 1.61. The van der Waals surface area contributed by atoms with Crippen LogP contribution in [-0.2, 0) is 9.47 Å². The first-order valence-corrected chi connectivity index (χ1v) is 6.57. The van der Waals surface area contributed by atoms with Crippen LogP contribution in [-0.4, -0.2) is 39.4 Å². The molecule has 0 aromatic heterocycles. The zero-order valence-corrected chi connectivity index (χ0v) is 12.0. The molecule has 106 valence electrons. The Morgan fingerprint density at radius 2 is 1.95 bits per heavy atom. The number of rotatable bonds is 8. The quantitative estimate of drug-likeness (QED) is 0.732. The third-order valence-corrected chi connectivity index (χ3v) is 2.95. The Hall–Kier alpha value is -1.39. The molecule has 4 heteroatoms. The molecule has 4 nitrogen and oxygen atoms in total. The molecule has 1 aromatic carbocycles. The minimum atomic E-state index is -0.0278. The van der Waals surface area contributed by atoms with Gasteiger partial charge in [-0.1, -0.05) is 6.07 Å². The summed E-state index contributed by atoms with van der Waals surface area (Å²) in [5, 5.41) is 2.89. The number of nitrogens with one attached hydrogen (secondary N) is 1. The molecular formula is C15H23NO3. The summed E-state index contributed by atoms with van der Waals surface area (Å²) in [6.07, 6.45) is 0.806. The van der Waals surface area contributed by atoms with E-state index in [0.717, 1.165) is 12.0 Å². The Labute approximate surface area is 115 Å². The van der Waals surface area contributed by atoms with E-state index in [1.165, 1.54) is 5.56 Å². The summed E-state index contributed by atoms with van der Waals surface area (Å²) in [7, 11) is 1.65. The van der Waals surface area contributed by atoms with Crippen LogP contribution in [0.1, 0.15) is 27.9 Å². The first-order chi connectivity index (χ1) is 9.15. The molecule has 0 aliphatic rings. The number of hydrogen-bond donors (Lipinski definition) is 1. The van der Waals surface area contributed by atoms with Crippen molar-refractivity contribution in [3.8, 4) is 0 Å². The van der Waals surface area contributed by atoms with Crippen molar-refractivity contribution in [2.24, 2.45) is 0 Å². The van der Waals surface area contributed by atoms with Crippen molar-refractivity contribution in [3.05, 3.63) is 34.9 Å². The summed E-state index contributed by atoms with van der Waals surface area (Å²) < 4.78 is 10.2. The van der Waals surface area contributed by atoms with Crippen LogP contribution in [0.5, 0.6) is 0 Å². The minimum Gasteiger partial charge on any atom is -0.382 e. The fraction of sp³-hybridized carbons (Fsp3) is 0.533. The van der Waals surface area contributed by atoms with Gasteiger partial charge in [-0.15, -0.1) is 0 Å². The van der Waals surface area contributed by atoms with E-state index in [1.54, 1.807) is 7.11 Å². The van der Waals surface area contributed by atoms with Gasteiger partial charge in [-0.2, -0.15) is 0 Å². The van der Waals surface area contributed by atoms with E-state index in [1.807, 2.05) is 32.0 Å². The van der Waals surface area contributed by atoms with E-state index in [0.29, 0.717) is 31.9 Å². The SMILES string of the molecule is COCCOCCCNC(=O)c1ccc(C)c(C)c1. The number of benzene rings is 1. The number of ether oxygens (including phenoxy) is 2. The zero-order chi connectivity index (χ0) is 14.1. The summed E-state index contributed by atoms with van der Waals surface area (Å²) in [4.78, 5) is 11.9. The van der Waals surface area contributed by atoms with Crippen LogP contribution < -0.4 is 5.32 Å². The molecular weight excluding hydrogens is 242 g/mol. The van der Waals surface area contributed by atoms with Gasteiger partial charge in [-0.3, -0.25) is 4.79 Å². The van der Waals surface area contributed by atoms with E-state index in [4.69, 9.17) is 9.47 Å². The van der Waals surface area contributed by atoms with Gasteiger partial charge < -0.3 is 14.8 Å². The minimum absolute atomic E-state index is 0.0278. The van der Waals surface area contributed by atoms with Crippen molar-refractivity contribution in [2.75, 3.05) is 33.5 Å². The van der Waals surface area contributed by atoms with E-state index < -0.39 is 0 Å². The van der Waals surface area contributed by atoms with Crippen LogP contribution in [0.15, 0.2) is 18.2 Å². The molecule has 1 N–H and O–H groups in total. The highest BCUT2D eigenvalue weighted by Crippen LogP contribution is 2.09. The molecule has 0 fully saturated rings. The summed E-state index contributed by atoms with van der Waals surface area (Å²) in [6, 6.07) is 5.74. The third kappa shape index (κ3) is 5.85. The van der Waals surface area contributed by atoms with Crippen LogP contribution in [0, 0.1) is 13.8 Å². The van der Waals surface area contributed by atoms with E-state index in [9.17, 15) is 4.79 Å². The first kappa shape index (κ1) is 15.7. The Morgan fingerprint density at radius 3 is 2.63 bits per heavy atom. The van der Waals surface area contributed by atoms with Crippen LogP contribution in [0.25, 0.3) is 0 Å². The summed E-state index contributed by atoms with van der Waals surface area (Å²) in [6.45, 7) is 6.51.